The van der Waals surface area contributed by atoms with Crippen LogP contribution in [-0.2, 0) is 6.42 Å². The highest BCUT2D eigenvalue weighted by Crippen LogP contribution is 2.19. The maximum atomic E-state index is 5.89. The summed E-state index contributed by atoms with van der Waals surface area (Å²) >= 11 is 0. The Morgan fingerprint density at radius 3 is 2.65 bits per heavy atom. The topological polar surface area (TPSA) is 67.8 Å². The minimum absolute atomic E-state index is 0. The number of nitrogens with one attached hydrogen (secondary N) is 2. The molecule has 1 unspecified atom stereocenters. The SMILES string of the molecule is CN=C(NCCc1ccccn1)NCC(C)Oc1cccc(OC)c1.I. The second kappa shape index (κ2) is 12.3. The Hall–Kier alpha value is -2.03. The zero-order valence-electron chi connectivity index (χ0n) is 15.4. The van der Waals surface area contributed by atoms with E-state index in [2.05, 4.69) is 20.6 Å². The molecule has 0 spiro atoms. The lowest BCUT2D eigenvalue weighted by Gasteiger charge is -2.18. The van der Waals surface area contributed by atoms with Gasteiger partial charge in [0.2, 0.25) is 0 Å². The highest BCUT2D eigenvalue weighted by molar-refractivity contribution is 14.0. The Morgan fingerprint density at radius 1 is 1.15 bits per heavy atom. The minimum atomic E-state index is -0.0125. The van der Waals surface area contributed by atoms with E-state index >= 15 is 0 Å². The van der Waals surface area contributed by atoms with E-state index in [4.69, 9.17) is 9.47 Å². The fourth-order valence-electron chi connectivity index (χ4n) is 2.26. The van der Waals surface area contributed by atoms with Gasteiger partial charge in [0.05, 0.1) is 13.7 Å². The van der Waals surface area contributed by atoms with Gasteiger partial charge in [0.1, 0.15) is 17.6 Å². The summed E-state index contributed by atoms with van der Waals surface area (Å²) in [5.74, 6) is 2.31. The molecule has 142 valence electrons. The van der Waals surface area contributed by atoms with Gasteiger partial charge in [0, 0.05) is 38.0 Å². The molecule has 2 aromatic rings. The Kier molecular flexibility index (Phi) is 10.5. The largest absolute Gasteiger partial charge is 0.497 e. The van der Waals surface area contributed by atoms with E-state index in [9.17, 15) is 0 Å². The number of rotatable bonds is 8. The third-order valence-corrected chi connectivity index (χ3v) is 3.56. The molecular formula is C19H27IN4O2. The van der Waals surface area contributed by atoms with Crippen molar-refractivity contribution in [2.24, 2.45) is 4.99 Å². The Morgan fingerprint density at radius 2 is 1.96 bits per heavy atom. The number of aromatic nitrogens is 1. The minimum Gasteiger partial charge on any atom is -0.497 e. The predicted molar refractivity (Wildman–Crippen MR) is 116 cm³/mol. The molecule has 6 nitrogen and oxygen atoms in total. The van der Waals surface area contributed by atoms with Crippen LogP contribution in [0.15, 0.2) is 53.7 Å². The van der Waals surface area contributed by atoms with Crippen molar-refractivity contribution in [1.82, 2.24) is 15.6 Å². The zero-order valence-corrected chi connectivity index (χ0v) is 17.8. The van der Waals surface area contributed by atoms with E-state index in [0.29, 0.717) is 6.54 Å². The van der Waals surface area contributed by atoms with Crippen molar-refractivity contribution in [3.8, 4) is 11.5 Å². The number of methoxy groups -OCH3 is 1. The summed E-state index contributed by atoms with van der Waals surface area (Å²) < 4.78 is 11.1. The summed E-state index contributed by atoms with van der Waals surface area (Å²) in [6.07, 6.45) is 2.64. The van der Waals surface area contributed by atoms with Crippen LogP contribution < -0.4 is 20.1 Å². The third-order valence-electron chi connectivity index (χ3n) is 3.56. The lowest BCUT2D eigenvalue weighted by Crippen LogP contribution is -2.42. The van der Waals surface area contributed by atoms with Crippen LogP contribution in [0.1, 0.15) is 12.6 Å². The van der Waals surface area contributed by atoms with Crippen molar-refractivity contribution in [2.45, 2.75) is 19.4 Å². The first kappa shape index (κ1) is 22.0. The first-order valence-electron chi connectivity index (χ1n) is 8.36. The lowest BCUT2D eigenvalue weighted by atomic mass is 10.3. The molecule has 2 rings (SSSR count). The van der Waals surface area contributed by atoms with Crippen molar-refractivity contribution in [3.05, 3.63) is 54.4 Å². The summed E-state index contributed by atoms with van der Waals surface area (Å²) in [4.78, 5) is 8.53. The number of benzene rings is 1. The van der Waals surface area contributed by atoms with Gasteiger partial charge in [-0.15, -0.1) is 24.0 Å². The molecule has 0 radical (unpaired) electrons. The van der Waals surface area contributed by atoms with E-state index in [-0.39, 0.29) is 30.1 Å². The normalized spacial score (nSPS) is 11.9. The molecule has 26 heavy (non-hydrogen) atoms. The van der Waals surface area contributed by atoms with Gasteiger partial charge in [0.25, 0.3) is 0 Å². The van der Waals surface area contributed by atoms with Crippen LogP contribution in [-0.4, -0.2) is 44.3 Å². The van der Waals surface area contributed by atoms with E-state index < -0.39 is 0 Å². The summed E-state index contributed by atoms with van der Waals surface area (Å²) in [6.45, 7) is 3.41. The van der Waals surface area contributed by atoms with Crippen molar-refractivity contribution >= 4 is 29.9 Å². The average molecular weight is 470 g/mol. The Labute approximate surface area is 172 Å². The highest BCUT2D eigenvalue weighted by atomic mass is 127. The first-order chi connectivity index (χ1) is 12.2. The van der Waals surface area contributed by atoms with Crippen molar-refractivity contribution < 1.29 is 9.47 Å². The van der Waals surface area contributed by atoms with Crippen LogP contribution in [0.5, 0.6) is 11.5 Å². The monoisotopic (exact) mass is 470 g/mol. The standard InChI is InChI=1S/C19H26N4O2.HI/c1-15(25-18-9-6-8-17(13-18)24-3)14-23-19(20-2)22-12-10-16-7-4-5-11-21-16;/h4-9,11,13,15H,10,12,14H2,1-3H3,(H2,20,22,23);1H. The quantitative estimate of drug-likeness (QED) is 0.353. The number of guanidine groups is 1. The van der Waals surface area contributed by atoms with Crippen molar-refractivity contribution in [2.75, 3.05) is 27.2 Å². The zero-order chi connectivity index (χ0) is 17.9. The number of hydrogen-bond acceptors (Lipinski definition) is 4. The van der Waals surface area contributed by atoms with Gasteiger partial charge in [-0.3, -0.25) is 9.98 Å². The molecule has 0 aliphatic carbocycles. The number of hydrogen-bond donors (Lipinski definition) is 2. The predicted octanol–water partition coefficient (Wildman–Crippen LogP) is 2.88. The fourth-order valence-corrected chi connectivity index (χ4v) is 2.26. The van der Waals surface area contributed by atoms with E-state index in [0.717, 1.165) is 36.1 Å². The van der Waals surface area contributed by atoms with Gasteiger partial charge < -0.3 is 20.1 Å². The molecule has 7 heteroatoms. The molecule has 0 amide bonds. The van der Waals surface area contributed by atoms with Crippen LogP contribution in [0.3, 0.4) is 0 Å². The summed E-state index contributed by atoms with van der Waals surface area (Å²) in [5.41, 5.74) is 1.06. The van der Waals surface area contributed by atoms with Crippen LogP contribution in [0.4, 0.5) is 0 Å². The first-order valence-corrected chi connectivity index (χ1v) is 8.36. The number of aliphatic imine (C=N–C) groups is 1. The maximum Gasteiger partial charge on any atom is 0.191 e. The highest BCUT2D eigenvalue weighted by Gasteiger charge is 2.06. The molecule has 2 N–H and O–H groups in total. The lowest BCUT2D eigenvalue weighted by molar-refractivity contribution is 0.223. The molecule has 0 saturated heterocycles. The van der Waals surface area contributed by atoms with Crippen molar-refractivity contribution in [3.63, 3.8) is 0 Å². The smallest absolute Gasteiger partial charge is 0.191 e. The molecule has 0 aliphatic heterocycles. The van der Waals surface area contributed by atoms with Gasteiger partial charge in [-0.25, -0.2) is 0 Å². The molecule has 1 atom stereocenters. The van der Waals surface area contributed by atoms with Gasteiger partial charge in [-0.2, -0.15) is 0 Å². The molecule has 0 fully saturated rings. The van der Waals surface area contributed by atoms with Crippen LogP contribution in [0.2, 0.25) is 0 Å². The van der Waals surface area contributed by atoms with Gasteiger partial charge in [0.15, 0.2) is 5.96 Å². The van der Waals surface area contributed by atoms with E-state index in [1.165, 1.54) is 0 Å². The van der Waals surface area contributed by atoms with Crippen LogP contribution >= 0.6 is 24.0 Å². The van der Waals surface area contributed by atoms with Crippen LogP contribution in [0, 0.1) is 0 Å². The van der Waals surface area contributed by atoms with Gasteiger partial charge >= 0.3 is 0 Å². The number of ether oxygens (including phenoxy) is 2. The Balaban J connectivity index is 0.00000338. The molecular weight excluding hydrogens is 443 g/mol. The molecule has 1 heterocycles. The van der Waals surface area contributed by atoms with Crippen molar-refractivity contribution in [1.29, 1.82) is 0 Å². The van der Waals surface area contributed by atoms with Gasteiger partial charge in [-0.1, -0.05) is 12.1 Å². The third kappa shape index (κ3) is 7.90. The second-order valence-electron chi connectivity index (χ2n) is 5.56. The van der Waals surface area contributed by atoms with E-state index in [1.807, 2.05) is 49.4 Å². The van der Waals surface area contributed by atoms with Crippen LogP contribution in [0.25, 0.3) is 0 Å². The van der Waals surface area contributed by atoms with E-state index in [1.54, 1.807) is 20.4 Å². The number of nitrogens with zero attached hydrogens (tertiary/aromatic N) is 2. The number of halogens is 1. The maximum absolute atomic E-state index is 5.89. The Bertz CT molecular complexity index is 668. The molecule has 1 aromatic carbocycles. The summed E-state index contributed by atoms with van der Waals surface area (Å²) in [5, 5.41) is 6.55. The molecule has 0 aliphatic rings. The summed E-state index contributed by atoms with van der Waals surface area (Å²) in [6, 6.07) is 13.5. The number of pyridine rings is 1. The fraction of sp³-hybridized carbons (Fsp3) is 0.368. The second-order valence-corrected chi connectivity index (χ2v) is 5.56. The van der Waals surface area contributed by atoms with Gasteiger partial charge in [-0.05, 0) is 31.2 Å². The molecule has 0 bridgehead atoms. The molecule has 1 aromatic heterocycles. The summed E-state index contributed by atoms with van der Waals surface area (Å²) in [7, 11) is 3.40. The average Bonchev–Trinajstić information content (AvgIpc) is 2.65. The molecule has 0 saturated carbocycles.